The zero-order valence-electron chi connectivity index (χ0n) is 27.8. The molecule has 0 radical (unpaired) electrons. The molecule has 5 aliphatic carbocycles. The molecular weight excluding hydrogens is 528 g/mol. The van der Waals surface area contributed by atoms with Gasteiger partial charge in [0.1, 0.15) is 12.7 Å². The maximum atomic E-state index is 14.2. The normalized spacial score (nSPS) is 53.2. The van der Waals surface area contributed by atoms with Gasteiger partial charge in [0.15, 0.2) is 5.79 Å². The summed E-state index contributed by atoms with van der Waals surface area (Å²) >= 11 is 0. The van der Waals surface area contributed by atoms with Crippen LogP contribution in [-0.4, -0.2) is 54.0 Å². The topological polar surface area (TPSA) is 85.2 Å². The van der Waals surface area contributed by atoms with E-state index in [0.717, 1.165) is 51.4 Å². The number of carbonyl (C=O) groups is 1. The number of aliphatic hydroxyl groups excluding tert-OH is 2. The van der Waals surface area contributed by atoms with Crippen LogP contribution in [0.5, 0.6) is 0 Å². The molecule has 0 spiro atoms. The summed E-state index contributed by atoms with van der Waals surface area (Å²) < 4.78 is 17.9. The summed E-state index contributed by atoms with van der Waals surface area (Å²) in [4.78, 5) is 14.2. The Labute approximate surface area is 255 Å². The average molecular weight is 589 g/mol. The predicted octanol–water partition coefficient (Wildman–Crippen LogP) is 6.75. The number of hydrogen-bond donors (Lipinski definition) is 2. The lowest BCUT2D eigenvalue weighted by Gasteiger charge is -2.72. The van der Waals surface area contributed by atoms with E-state index in [1.54, 1.807) is 0 Å². The maximum absolute atomic E-state index is 14.2. The fourth-order valence-corrected chi connectivity index (χ4v) is 12.9. The van der Waals surface area contributed by atoms with E-state index in [4.69, 9.17) is 14.2 Å². The van der Waals surface area contributed by atoms with Crippen molar-refractivity contribution in [3.63, 3.8) is 0 Å². The Morgan fingerprint density at radius 3 is 2.26 bits per heavy atom. The molecule has 1 heterocycles. The van der Waals surface area contributed by atoms with E-state index in [0.29, 0.717) is 42.1 Å². The van der Waals surface area contributed by atoms with Crippen molar-refractivity contribution in [3.8, 4) is 0 Å². The molecule has 12 atom stereocenters. The maximum Gasteiger partial charge on any atom is 0.312 e. The summed E-state index contributed by atoms with van der Waals surface area (Å²) in [5.74, 6) is 2.29. The third-order valence-corrected chi connectivity index (χ3v) is 15.3. The largest absolute Gasteiger partial charge is 0.462 e. The summed E-state index contributed by atoms with van der Waals surface area (Å²) in [7, 11) is 0. The van der Waals surface area contributed by atoms with Gasteiger partial charge in [0, 0.05) is 5.41 Å². The highest BCUT2D eigenvalue weighted by molar-refractivity contribution is 5.78. The van der Waals surface area contributed by atoms with Crippen LogP contribution < -0.4 is 0 Å². The first-order valence-corrected chi connectivity index (χ1v) is 17.4. The summed E-state index contributed by atoms with van der Waals surface area (Å²) in [5.41, 5.74) is -0.345. The van der Waals surface area contributed by atoms with Crippen molar-refractivity contribution in [2.75, 3.05) is 19.8 Å². The molecule has 240 valence electrons. The van der Waals surface area contributed by atoms with Crippen LogP contribution in [0.2, 0.25) is 0 Å². The Bertz CT molecular complexity index is 1060. The van der Waals surface area contributed by atoms with Crippen LogP contribution in [0.3, 0.4) is 0 Å². The molecule has 5 saturated carbocycles. The number of hydrogen-bond acceptors (Lipinski definition) is 6. The quantitative estimate of drug-likeness (QED) is 0.346. The lowest BCUT2D eigenvalue weighted by atomic mass is 9.32. The smallest absolute Gasteiger partial charge is 0.312 e. The van der Waals surface area contributed by atoms with Gasteiger partial charge in [-0.1, -0.05) is 41.5 Å². The van der Waals surface area contributed by atoms with E-state index in [1.165, 1.54) is 12.8 Å². The number of rotatable bonds is 5. The lowest BCUT2D eigenvalue weighted by molar-refractivity contribution is -0.256. The van der Waals surface area contributed by atoms with Gasteiger partial charge in [0.25, 0.3) is 0 Å². The molecule has 0 aromatic carbocycles. The van der Waals surface area contributed by atoms with Crippen LogP contribution in [0.15, 0.2) is 0 Å². The number of esters is 1. The summed E-state index contributed by atoms with van der Waals surface area (Å²) in [6.45, 7) is 19.2. The zero-order chi connectivity index (χ0) is 30.5. The van der Waals surface area contributed by atoms with Gasteiger partial charge in [0.2, 0.25) is 0 Å². The average Bonchev–Trinajstić information content (AvgIpc) is 3.50. The predicted molar refractivity (Wildman–Crippen MR) is 162 cm³/mol. The van der Waals surface area contributed by atoms with E-state index in [2.05, 4.69) is 41.5 Å². The van der Waals surface area contributed by atoms with E-state index >= 15 is 0 Å². The molecule has 0 aromatic rings. The first kappa shape index (κ1) is 31.3. The first-order valence-electron chi connectivity index (χ1n) is 17.4. The molecule has 2 N–H and O–H groups in total. The van der Waals surface area contributed by atoms with Gasteiger partial charge in [-0.05, 0) is 130 Å². The van der Waals surface area contributed by atoms with Gasteiger partial charge in [0.05, 0.1) is 24.7 Å². The highest BCUT2D eigenvalue weighted by Crippen LogP contribution is 2.77. The van der Waals surface area contributed by atoms with Gasteiger partial charge < -0.3 is 24.4 Å². The van der Waals surface area contributed by atoms with Crippen molar-refractivity contribution >= 4 is 5.97 Å². The molecule has 6 rings (SSSR count). The third-order valence-electron chi connectivity index (χ3n) is 15.3. The SMILES string of the molecule is CC(C)[C@@H]1CC[C@]2(C(=O)OCC3COC(C)(C)O3)CC[C@]3(C)C(CCC4C3(C)CCC3[C@]4(C)CC[C@H](O)[C@@]3(C)CO)C12. The Morgan fingerprint density at radius 2 is 1.62 bits per heavy atom. The molecule has 6 fully saturated rings. The molecule has 6 nitrogen and oxygen atoms in total. The molecule has 1 aliphatic heterocycles. The van der Waals surface area contributed by atoms with Crippen molar-refractivity contribution in [2.45, 2.75) is 138 Å². The van der Waals surface area contributed by atoms with E-state index < -0.39 is 17.3 Å². The first-order chi connectivity index (χ1) is 19.6. The Morgan fingerprint density at radius 1 is 0.881 bits per heavy atom. The number of carbonyl (C=O) groups excluding carboxylic acids is 1. The van der Waals surface area contributed by atoms with Crippen molar-refractivity contribution in [1.29, 1.82) is 0 Å². The minimum absolute atomic E-state index is 0.0222. The molecule has 0 aromatic heterocycles. The number of aliphatic hydroxyl groups is 2. The summed E-state index contributed by atoms with van der Waals surface area (Å²) in [6.07, 6.45) is 9.89. The van der Waals surface area contributed by atoms with Gasteiger partial charge in [-0.25, -0.2) is 0 Å². The van der Waals surface area contributed by atoms with Gasteiger partial charge in [-0.15, -0.1) is 0 Å². The standard InChI is InChI=1S/C36H60O6/c1-22(2)24-11-16-36(30(39)40-19-23-20-41-31(3,4)42-23)18-17-34(7)25(29(24)36)9-10-27-32(5)14-13-28(38)33(6,21-37)26(32)12-15-35(27,34)8/h22-29,37-38H,9-21H2,1-8H3/t23?,24-,25?,26?,27?,28-,29?,32-,33-,34+,35?,36-/m0/s1. The second-order valence-corrected chi connectivity index (χ2v) is 17.6. The van der Waals surface area contributed by atoms with Crippen molar-refractivity contribution in [1.82, 2.24) is 0 Å². The molecule has 6 heteroatoms. The Balaban J connectivity index is 1.30. The van der Waals surface area contributed by atoms with Crippen LogP contribution in [0.25, 0.3) is 0 Å². The molecule has 42 heavy (non-hydrogen) atoms. The monoisotopic (exact) mass is 588 g/mol. The highest BCUT2D eigenvalue weighted by atomic mass is 16.7. The van der Waals surface area contributed by atoms with Gasteiger partial charge in [-0.3, -0.25) is 4.79 Å². The molecule has 0 amide bonds. The van der Waals surface area contributed by atoms with Crippen molar-refractivity contribution in [3.05, 3.63) is 0 Å². The van der Waals surface area contributed by atoms with Crippen LogP contribution in [0.1, 0.15) is 120 Å². The molecule has 0 bridgehead atoms. The third kappa shape index (κ3) is 4.19. The Kier molecular flexibility index (Phi) is 7.57. The lowest BCUT2D eigenvalue weighted by Crippen LogP contribution is -2.67. The van der Waals surface area contributed by atoms with Gasteiger partial charge in [-0.2, -0.15) is 0 Å². The van der Waals surface area contributed by atoms with E-state index in [9.17, 15) is 15.0 Å². The van der Waals surface area contributed by atoms with Crippen molar-refractivity contribution < 1.29 is 29.2 Å². The zero-order valence-corrected chi connectivity index (χ0v) is 27.8. The fraction of sp³-hybridized carbons (Fsp3) is 0.972. The minimum atomic E-state index is -0.616. The van der Waals surface area contributed by atoms with Crippen molar-refractivity contribution in [2.24, 2.45) is 62.6 Å². The number of ether oxygens (including phenoxy) is 3. The summed E-state index contributed by atoms with van der Waals surface area (Å²) in [6, 6.07) is 0. The second kappa shape index (κ2) is 10.2. The van der Waals surface area contributed by atoms with Gasteiger partial charge >= 0.3 is 5.97 Å². The molecule has 6 unspecified atom stereocenters. The van der Waals surface area contributed by atoms with Crippen LogP contribution in [0, 0.1) is 62.6 Å². The Hall–Kier alpha value is -0.690. The summed E-state index contributed by atoms with van der Waals surface area (Å²) in [5, 5.41) is 21.6. The van der Waals surface area contributed by atoms with Crippen LogP contribution in [-0.2, 0) is 19.0 Å². The molecule has 6 aliphatic rings. The van der Waals surface area contributed by atoms with E-state index in [1.807, 2.05) is 13.8 Å². The fourth-order valence-electron chi connectivity index (χ4n) is 12.9. The minimum Gasteiger partial charge on any atom is -0.462 e. The van der Waals surface area contributed by atoms with Crippen LogP contribution >= 0.6 is 0 Å². The number of fused-ring (bicyclic) bond motifs is 7. The molecule has 1 saturated heterocycles. The van der Waals surface area contributed by atoms with E-state index in [-0.39, 0.29) is 46.9 Å². The van der Waals surface area contributed by atoms with Crippen LogP contribution in [0.4, 0.5) is 0 Å². The second-order valence-electron chi connectivity index (χ2n) is 17.6. The molecular formula is C36H60O6. The highest BCUT2D eigenvalue weighted by Gasteiger charge is 2.72.